The van der Waals surface area contributed by atoms with Crippen LogP contribution in [0.3, 0.4) is 0 Å². The molecule has 1 saturated heterocycles. The highest BCUT2D eigenvalue weighted by atomic mass is 32.2. The van der Waals surface area contributed by atoms with Crippen LogP contribution in [0.15, 0.2) is 70.9 Å². The average molecular weight is 437 g/mol. The summed E-state index contributed by atoms with van der Waals surface area (Å²) < 4.78 is 11.2. The van der Waals surface area contributed by atoms with Gasteiger partial charge in [0, 0.05) is 0 Å². The number of carbonyl (C=O) groups excluding carboxylic acids is 2. The van der Waals surface area contributed by atoms with Crippen molar-refractivity contribution in [2.75, 3.05) is 6.61 Å². The van der Waals surface area contributed by atoms with E-state index in [2.05, 4.69) is 4.99 Å². The van der Waals surface area contributed by atoms with E-state index in [0.717, 1.165) is 16.9 Å². The van der Waals surface area contributed by atoms with Gasteiger partial charge in [-0.15, -0.1) is 0 Å². The minimum atomic E-state index is -0.587. The number of allylic oxidation sites excluding steroid dienone is 1. The maximum Gasteiger partial charge on any atom is 0.338 e. The molecular weight excluding hydrogens is 412 g/mol. The molecule has 1 amide bonds. The third-order valence-electron chi connectivity index (χ3n) is 5.20. The molecule has 2 aromatic carbocycles. The third kappa shape index (κ3) is 4.23. The summed E-state index contributed by atoms with van der Waals surface area (Å²) in [5.41, 5.74) is 2.66. The number of benzene rings is 2. The van der Waals surface area contributed by atoms with Crippen molar-refractivity contribution in [3.8, 4) is 5.75 Å². The van der Waals surface area contributed by atoms with Crippen LogP contribution in [0.5, 0.6) is 5.75 Å². The molecule has 0 unspecified atom stereocenters. The number of aliphatic imine (C=N–C) groups is 1. The van der Waals surface area contributed by atoms with Crippen LogP contribution in [-0.4, -0.2) is 33.8 Å². The Morgan fingerprint density at radius 1 is 1.13 bits per heavy atom. The fourth-order valence-electron chi connectivity index (χ4n) is 3.69. The molecule has 0 aromatic heterocycles. The predicted octanol–water partition coefficient (Wildman–Crippen LogP) is 4.48. The van der Waals surface area contributed by atoms with Gasteiger partial charge in [-0.2, -0.15) is 0 Å². The Kier molecular flexibility index (Phi) is 6.13. The summed E-state index contributed by atoms with van der Waals surface area (Å²) in [6, 6.07) is 16.4. The van der Waals surface area contributed by atoms with Crippen LogP contribution >= 0.6 is 11.8 Å². The molecule has 0 saturated carbocycles. The molecule has 6 nitrogen and oxygen atoms in total. The van der Waals surface area contributed by atoms with Crippen LogP contribution in [0.25, 0.3) is 0 Å². The number of hydrogen-bond acceptors (Lipinski definition) is 6. The summed E-state index contributed by atoms with van der Waals surface area (Å²) in [6.07, 6.45) is 0. The van der Waals surface area contributed by atoms with E-state index in [-0.39, 0.29) is 17.8 Å². The highest BCUT2D eigenvalue weighted by Crippen LogP contribution is 2.43. The van der Waals surface area contributed by atoms with Gasteiger partial charge in [-0.25, -0.2) is 9.79 Å². The topological polar surface area (TPSA) is 68.2 Å². The average Bonchev–Trinajstić information content (AvgIpc) is 3.05. The highest BCUT2D eigenvalue weighted by Gasteiger charge is 2.46. The lowest BCUT2D eigenvalue weighted by Crippen LogP contribution is -2.40. The van der Waals surface area contributed by atoms with E-state index in [0.29, 0.717) is 23.0 Å². The monoisotopic (exact) mass is 436 g/mol. The van der Waals surface area contributed by atoms with E-state index in [1.54, 1.807) is 11.8 Å². The summed E-state index contributed by atoms with van der Waals surface area (Å²) in [6.45, 7) is 6.29. The number of carbonyl (C=O) groups is 2. The van der Waals surface area contributed by atoms with Crippen LogP contribution in [-0.2, 0) is 20.9 Å². The number of rotatable bonds is 6. The Balaban J connectivity index is 1.69. The van der Waals surface area contributed by atoms with Gasteiger partial charge in [-0.1, -0.05) is 54.2 Å². The second-order valence-electron chi connectivity index (χ2n) is 7.33. The van der Waals surface area contributed by atoms with E-state index < -0.39 is 12.0 Å². The lowest BCUT2D eigenvalue weighted by atomic mass is 9.94. The summed E-state index contributed by atoms with van der Waals surface area (Å²) in [5.74, 6) is 0.198. The van der Waals surface area contributed by atoms with Gasteiger partial charge >= 0.3 is 5.97 Å². The van der Waals surface area contributed by atoms with E-state index in [1.165, 1.54) is 11.8 Å². The van der Waals surface area contributed by atoms with Gasteiger partial charge in [0.05, 0.1) is 29.2 Å². The van der Waals surface area contributed by atoms with Crippen molar-refractivity contribution >= 4 is 28.8 Å². The number of ether oxygens (including phenoxy) is 2. The second-order valence-corrected chi connectivity index (χ2v) is 8.64. The molecule has 0 spiro atoms. The third-order valence-corrected chi connectivity index (χ3v) is 6.25. The summed E-state index contributed by atoms with van der Waals surface area (Å²) >= 11 is 1.41. The molecule has 2 aliphatic heterocycles. The molecule has 160 valence electrons. The van der Waals surface area contributed by atoms with Crippen LogP contribution in [0, 0.1) is 0 Å². The molecule has 2 aromatic rings. The zero-order valence-electron chi connectivity index (χ0n) is 17.7. The molecule has 2 heterocycles. The van der Waals surface area contributed by atoms with Gasteiger partial charge in [0.2, 0.25) is 5.91 Å². The van der Waals surface area contributed by atoms with Crippen molar-refractivity contribution in [1.82, 2.24) is 4.90 Å². The van der Waals surface area contributed by atoms with Crippen molar-refractivity contribution in [2.24, 2.45) is 4.99 Å². The minimum Gasteiger partial charge on any atom is -0.494 e. The fraction of sp³-hybridized carbons (Fsp3) is 0.292. The Bertz CT molecular complexity index is 1050. The van der Waals surface area contributed by atoms with Gasteiger partial charge in [-0.05, 0) is 44.0 Å². The summed E-state index contributed by atoms with van der Waals surface area (Å²) in [4.78, 5) is 32.4. The smallest absolute Gasteiger partial charge is 0.338 e. The summed E-state index contributed by atoms with van der Waals surface area (Å²) in [5, 5.41) is 0.366. The second kappa shape index (κ2) is 8.98. The van der Waals surface area contributed by atoms with Gasteiger partial charge in [-0.3, -0.25) is 9.69 Å². The van der Waals surface area contributed by atoms with E-state index >= 15 is 0 Å². The number of hydrogen-bond donors (Lipinski definition) is 0. The van der Waals surface area contributed by atoms with Crippen LogP contribution in [0.4, 0.5) is 0 Å². The molecule has 0 N–H and O–H groups in total. The lowest BCUT2D eigenvalue weighted by Gasteiger charge is -2.33. The Hall–Kier alpha value is -3.06. The van der Waals surface area contributed by atoms with Crippen molar-refractivity contribution in [1.29, 1.82) is 0 Å². The van der Waals surface area contributed by atoms with Gasteiger partial charge in [0.25, 0.3) is 0 Å². The van der Waals surface area contributed by atoms with E-state index in [4.69, 9.17) is 9.47 Å². The van der Waals surface area contributed by atoms with E-state index in [1.807, 2.05) is 68.4 Å². The minimum absolute atomic E-state index is 0.0662. The molecule has 4 rings (SSSR count). The number of fused-ring (bicyclic) bond motifs is 1. The quantitative estimate of drug-likeness (QED) is 0.625. The fourth-order valence-corrected chi connectivity index (χ4v) is 4.72. The molecular formula is C24H24N2O4S. The largest absolute Gasteiger partial charge is 0.494 e. The van der Waals surface area contributed by atoms with Gasteiger partial charge in [0.15, 0.2) is 5.17 Å². The molecule has 0 radical (unpaired) electrons. The van der Waals surface area contributed by atoms with Crippen molar-refractivity contribution in [3.05, 3.63) is 77.0 Å². The molecule has 2 aliphatic rings. The molecule has 7 heteroatoms. The first-order valence-corrected chi connectivity index (χ1v) is 11.1. The normalized spacial score (nSPS) is 20.4. The van der Waals surface area contributed by atoms with Crippen LogP contribution < -0.4 is 4.74 Å². The zero-order chi connectivity index (χ0) is 22.0. The molecule has 31 heavy (non-hydrogen) atoms. The summed E-state index contributed by atoms with van der Waals surface area (Å²) in [7, 11) is 0. The number of esters is 1. The maximum atomic E-state index is 13.2. The van der Waals surface area contributed by atoms with Gasteiger partial charge in [0.1, 0.15) is 12.4 Å². The number of amides is 1. The first-order chi connectivity index (χ1) is 15.0. The standard InChI is InChI=1S/C24H24N2O4S/c1-4-29-19-12-10-18(11-13-19)21-20(23(28)30-14-17-8-6-5-7-9-17)15(2)25-24-26(21)22(27)16(3)31-24/h5-13,16,21H,4,14H2,1-3H3/t16-,21-/m1/s1. The number of nitrogens with zero attached hydrogens (tertiary/aromatic N) is 2. The van der Waals surface area contributed by atoms with Crippen molar-refractivity contribution in [3.63, 3.8) is 0 Å². The molecule has 1 fully saturated rings. The number of thioether (sulfide) groups is 1. The first-order valence-electron chi connectivity index (χ1n) is 10.2. The molecule has 0 bridgehead atoms. The predicted molar refractivity (Wildman–Crippen MR) is 121 cm³/mol. The number of amidine groups is 1. The zero-order valence-corrected chi connectivity index (χ0v) is 18.5. The van der Waals surface area contributed by atoms with E-state index in [9.17, 15) is 9.59 Å². The Labute approximate surface area is 185 Å². The SMILES string of the molecule is CCOc1ccc([C@@H]2C(C(=O)OCc3ccccc3)=C(C)N=C3S[C@H](C)C(=O)N32)cc1. The lowest BCUT2D eigenvalue weighted by molar-refractivity contribution is -0.141. The Morgan fingerprint density at radius 2 is 1.84 bits per heavy atom. The molecule has 0 aliphatic carbocycles. The van der Waals surface area contributed by atoms with Gasteiger partial charge < -0.3 is 9.47 Å². The van der Waals surface area contributed by atoms with Crippen LogP contribution in [0.2, 0.25) is 0 Å². The van der Waals surface area contributed by atoms with Crippen LogP contribution in [0.1, 0.15) is 37.9 Å². The first kappa shape index (κ1) is 21.2. The molecule has 2 atom stereocenters. The van der Waals surface area contributed by atoms with Crippen molar-refractivity contribution < 1.29 is 19.1 Å². The van der Waals surface area contributed by atoms with Crippen molar-refractivity contribution in [2.45, 2.75) is 38.7 Å². The highest BCUT2D eigenvalue weighted by molar-refractivity contribution is 8.15. The Morgan fingerprint density at radius 3 is 2.52 bits per heavy atom. The maximum absolute atomic E-state index is 13.2.